The number of hydrogen-bond acceptors (Lipinski definition) is 3. The minimum absolute atomic E-state index is 0.0205. The largest absolute Gasteiger partial charge is 0.493 e. The Morgan fingerprint density at radius 3 is 2.79 bits per heavy atom. The van der Waals surface area contributed by atoms with Crippen molar-refractivity contribution in [2.75, 3.05) is 26.1 Å². The number of nitrogens with one attached hydrogen (secondary N) is 1. The number of carbonyl (C=O) groups excluding carboxylic acids is 1. The lowest BCUT2D eigenvalue weighted by atomic mass is 10.1. The summed E-state index contributed by atoms with van der Waals surface area (Å²) in [6.45, 7) is 3.12. The molecule has 1 aromatic carbocycles. The van der Waals surface area contributed by atoms with Gasteiger partial charge in [-0.15, -0.1) is 11.6 Å². The molecule has 1 rings (SSSR count). The predicted molar refractivity (Wildman–Crippen MR) is 76.2 cm³/mol. The molecule has 0 fully saturated rings. The summed E-state index contributed by atoms with van der Waals surface area (Å²) in [6, 6.07) is 5.79. The van der Waals surface area contributed by atoms with Gasteiger partial charge in [-0.2, -0.15) is 0 Å². The summed E-state index contributed by atoms with van der Waals surface area (Å²) in [5.41, 5.74) is 1.09. The van der Waals surface area contributed by atoms with E-state index in [-0.39, 0.29) is 5.91 Å². The number of amides is 1. The van der Waals surface area contributed by atoms with Gasteiger partial charge < -0.3 is 14.8 Å². The second-order valence-corrected chi connectivity index (χ2v) is 4.34. The molecule has 0 aliphatic rings. The number of halogens is 1. The van der Waals surface area contributed by atoms with Gasteiger partial charge in [-0.05, 0) is 31.0 Å². The number of hydrogen-bond donors (Lipinski definition) is 1. The van der Waals surface area contributed by atoms with Crippen LogP contribution < -0.4 is 14.8 Å². The lowest BCUT2D eigenvalue weighted by Crippen LogP contribution is -2.25. The highest BCUT2D eigenvalue weighted by atomic mass is 35.5. The minimum Gasteiger partial charge on any atom is -0.493 e. The Balaban J connectivity index is 2.52. The van der Waals surface area contributed by atoms with Crippen molar-refractivity contribution in [3.8, 4) is 11.5 Å². The van der Waals surface area contributed by atoms with Crippen molar-refractivity contribution >= 4 is 17.5 Å². The average molecular weight is 286 g/mol. The molecule has 0 atom stereocenters. The van der Waals surface area contributed by atoms with Crippen molar-refractivity contribution in [2.24, 2.45) is 0 Å². The molecule has 0 aliphatic carbocycles. The molecule has 0 unspecified atom stereocenters. The van der Waals surface area contributed by atoms with Gasteiger partial charge in [-0.25, -0.2) is 0 Å². The lowest BCUT2D eigenvalue weighted by molar-refractivity contribution is -0.120. The van der Waals surface area contributed by atoms with E-state index in [1.807, 2.05) is 25.1 Å². The van der Waals surface area contributed by atoms with Gasteiger partial charge in [0.1, 0.15) is 0 Å². The van der Waals surface area contributed by atoms with Crippen LogP contribution in [0.15, 0.2) is 18.2 Å². The van der Waals surface area contributed by atoms with E-state index in [0.29, 0.717) is 31.2 Å². The number of benzene rings is 1. The van der Waals surface area contributed by atoms with Gasteiger partial charge >= 0.3 is 0 Å². The molecule has 0 radical (unpaired) electrons. The molecule has 0 bridgehead atoms. The Morgan fingerprint density at radius 1 is 1.37 bits per heavy atom. The first-order chi connectivity index (χ1) is 9.21. The Kier molecular flexibility index (Phi) is 7.11. The van der Waals surface area contributed by atoms with Gasteiger partial charge in [0.05, 0.1) is 13.7 Å². The number of alkyl halides is 1. The zero-order chi connectivity index (χ0) is 14.1. The first kappa shape index (κ1) is 15.6. The first-order valence-corrected chi connectivity index (χ1v) is 6.87. The standard InChI is InChI=1S/C14H20ClNO3/c1-3-19-12-5-4-11(10-13(12)18-2)7-9-16-14(17)6-8-15/h4-5,10H,3,6-9H2,1-2H3,(H,16,17). The normalized spacial score (nSPS) is 10.1. The van der Waals surface area contributed by atoms with Crippen molar-refractivity contribution in [1.29, 1.82) is 0 Å². The molecule has 0 saturated heterocycles. The van der Waals surface area contributed by atoms with Crippen LogP contribution in [0.1, 0.15) is 18.9 Å². The van der Waals surface area contributed by atoms with E-state index < -0.39 is 0 Å². The highest BCUT2D eigenvalue weighted by molar-refractivity contribution is 6.18. The molecule has 0 heterocycles. The maximum absolute atomic E-state index is 11.3. The fourth-order valence-electron chi connectivity index (χ4n) is 1.66. The van der Waals surface area contributed by atoms with Gasteiger partial charge in [0.2, 0.25) is 5.91 Å². The summed E-state index contributed by atoms with van der Waals surface area (Å²) >= 11 is 5.49. The van der Waals surface area contributed by atoms with E-state index in [1.54, 1.807) is 7.11 Å². The van der Waals surface area contributed by atoms with Crippen LogP contribution in [0.2, 0.25) is 0 Å². The maximum atomic E-state index is 11.3. The topological polar surface area (TPSA) is 47.6 Å². The SMILES string of the molecule is CCOc1ccc(CCNC(=O)CCCl)cc1OC. The zero-order valence-corrected chi connectivity index (χ0v) is 12.1. The van der Waals surface area contributed by atoms with Gasteiger partial charge in [0.25, 0.3) is 0 Å². The van der Waals surface area contributed by atoms with E-state index in [9.17, 15) is 4.79 Å². The van der Waals surface area contributed by atoms with Gasteiger partial charge in [0, 0.05) is 18.8 Å². The summed E-state index contributed by atoms with van der Waals surface area (Å²) in [5.74, 6) is 1.78. The number of ether oxygens (including phenoxy) is 2. The molecule has 1 N–H and O–H groups in total. The smallest absolute Gasteiger partial charge is 0.221 e. The van der Waals surface area contributed by atoms with E-state index in [4.69, 9.17) is 21.1 Å². The Hall–Kier alpha value is -1.42. The third-order valence-corrected chi connectivity index (χ3v) is 2.77. The van der Waals surface area contributed by atoms with Crippen LogP contribution in [0.3, 0.4) is 0 Å². The molecule has 0 aromatic heterocycles. The van der Waals surface area contributed by atoms with Crippen molar-refractivity contribution in [3.63, 3.8) is 0 Å². The zero-order valence-electron chi connectivity index (χ0n) is 11.4. The molecule has 4 nitrogen and oxygen atoms in total. The number of methoxy groups -OCH3 is 1. The van der Waals surface area contributed by atoms with Crippen LogP contribution in [-0.4, -0.2) is 32.0 Å². The van der Waals surface area contributed by atoms with E-state index in [1.165, 1.54) is 0 Å². The second kappa shape index (κ2) is 8.64. The molecule has 1 aromatic rings. The highest BCUT2D eigenvalue weighted by Gasteiger charge is 2.05. The molecular weight excluding hydrogens is 266 g/mol. The van der Waals surface area contributed by atoms with Crippen LogP contribution in [0.25, 0.3) is 0 Å². The maximum Gasteiger partial charge on any atom is 0.221 e. The summed E-state index contributed by atoms with van der Waals surface area (Å²) in [4.78, 5) is 11.3. The predicted octanol–water partition coefficient (Wildman–Crippen LogP) is 2.38. The van der Waals surface area contributed by atoms with Crippen LogP contribution in [-0.2, 0) is 11.2 Å². The summed E-state index contributed by atoms with van der Waals surface area (Å²) in [7, 11) is 1.61. The van der Waals surface area contributed by atoms with Crippen molar-refractivity contribution in [1.82, 2.24) is 5.32 Å². The van der Waals surface area contributed by atoms with Crippen molar-refractivity contribution < 1.29 is 14.3 Å². The molecule has 106 valence electrons. The fraction of sp³-hybridized carbons (Fsp3) is 0.500. The molecule has 0 spiro atoms. The first-order valence-electron chi connectivity index (χ1n) is 6.33. The highest BCUT2D eigenvalue weighted by Crippen LogP contribution is 2.28. The minimum atomic E-state index is -0.0205. The van der Waals surface area contributed by atoms with Gasteiger partial charge in [-0.1, -0.05) is 6.07 Å². The molecule has 5 heteroatoms. The Morgan fingerprint density at radius 2 is 2.16 bits per heavy atom. The number of carbonyl (C=O) groups is 1. The summed E-state index contributed by atoms with van der Waals surface area (Å²) in [5, 5.41) is 2.81. The summed E-state index contributed by atoms with van der Waals surface area (Å²) < 4.78 is 10.7. The quantitative estimate of drug-likeness (QED) is 0.746. The van der Waals surface area contributed by atoms with Crippen LogP contribution in [0, 0.1) is 0 Å². The van der Waals surface area contributed by atoms with Gasteiger partial charge in [-0.3, -0.25) is 4.79 Å². The summed E-state index contributed by atoms with van der Waals surface area (Å²) in [6.07, 6.45) is 1.10. The molecule has 19 heavy (non-hydrogen) atoms. The van der Waals surface area contributed by atoms with Crippen molar-refractivity contribution in [2.45, 2.75) is 19.8 Å². The van der Waals surface area contributed by atoms with Gasteiger partial charge in [0.15, 0.2) is 11.5 Å². The van der Waals surface area contributed by atoms with E-state index >= 15 is 0 Å². The fourth-order valence-corrected chi connectivity index (χ4v) is 1.83. The van der Waals surface area contributed by atoms with Crippen LogP contribution >= 0.6 is 11.6 Å². The Bertz CT molecular complexity index is 410. The molecule has 1 amide bonds. The van der Waals surface area contributed by atoms with E-state index in [0.717, 1.165) is 17.7 Å². The second-order valence-electron chi connectivity index (χ2n) is 3.96. The van der Waals surface area contributed by atoms with Crippen molar-refractivity contribution in [3.05, 3.63) is 23.8 Å². The monoisotopic (exact) mass is 285 g/mol. The average Bonchev–Trinajstić information content (AvgIpc) is 2.41. The third kappa shape index (κ3) is 5.39. The third-order valence-electron chi connectivity index (χ3n) is 2.59. The van der Waals surface area contributed by atoms with E-state index in [2.05, 4.69) is 5.32 Å². The van der Waals surface area contributed by atoms with Crippen LogP contribution in [0.4, 0.5) is 0 Å². The number of rotatable bonds is 8. The molecule has 0 aliphatic heterocycles. The molecule has 0 saturated carbocycles. The lowest BCUT2D eigenvalue weighted by Gasteiger charge is -2.11. The van der Waals surface area contributed by atoms with Crippen LogP contribution in [0.5, 0.6) is 11.5 Å². The molecular formula is C14H20ClNO3. The Labute approximate surface area is 119 Å².